The van der Waals surface area contributed by atoms with Crippen LogP contribution in [0.4, 0.5) is 11.4 Å². The van der Waals surface area contributed by atoms with Gasteiger partial charge in [0.25, 0.3) is 11.8 Å². The molecule has 1 saturated heterocycles. The predicted molar refractivity (Wildman–Crippen MR) is 139 cm³/mol. The van der Waals surface area contributed by atoms with Crippen LogP contribution in [0.25, 0.3) is 0 Å². The maximum Gasteiger partial charge on any atom is 0.259 e. The fourth-order valence-corrected chi connectivity index (χ4v) is 4.24. The number of carbonyl (C=O) groups excluding carboxylic acids is 2. The van der Waals surface area contributed by atoms with Crippen molar-refractivity contribution in [3.05, 3.63) is 83.4 Å². The molecular formula is C28H31N3O5. The summed E-state index contributed by atoms with van der Waals surface area (Å²) in [5, 5.41) is 15.8. The average Bonchev–Trinajstić information content (AvgIpc) is 2.93. The highest BCUT2D eigenvalue weighted by Crippen LogP contribution is 2.30. The van der Waals surface area contributed by atoms with Gasteiger partial charge in [-0.3, -0.25) is 9.59 Å². The number of para-hydroxylation sites is 2. The molecule has 0 radical (unpaired) electrons. The number of piperidine rings is 1. The van der Waals surface area contributed by atoms with Gasteiger partial charge in [0.1, 0.15) is 17.6 Å². The van der Waals surface area contributed by atoms with Crippen molar-refractivity contribution >= 4 is 23.2 Å². The Bertz CT molecular complexity index is 1220. The Hall–Kier alpha value is -3.88. The lowest BCUT2D eigenvalue weighted by molar-refractivity contribution is 0.0990. The van der Waals surface area contributed by atoms with E-state index < -0.39 is 0 Å². The number of nitrogens with one attached hydrogen (secondary N) is 2. The molecule has 0 spiro atoms. The van der Waals surface area contributed by atoms with E-state index in [0.29, 0.717) is 39.6 Å². The normalized spacial score (nSPS) is 13.6. The van der Waals surface area contributed by atoms with E-state index in [1.54, 1.807) is 55.6 Å². The van der Waals surface area contributed by atoms with Crippen LogP contribution in [0.2, 0.25) is 0 Å². The van der Waals surface area contributed by atoms with Crippen LogP contribution in [0.3, 0.4) is 0 Å². The Morgan fingerprint density at radius 2 is 1.75 bits per heavy atom. The van der Waals surface area contributed by atoms with Crippen molar-refractivity contribution < 1.29 is 24.2 Å². The number of rotatable bonds is 8. The van der Waals surface area contributed by atoms with Crippen molar-refractivity contribution in [2.75, 3.05) is 37.5 Å². The molecule has 0 bridgehead atoms. The minimum absolute atomic E-state index is 0.0629. The van der Waals surface area contributed by atoms with Crippen molar-refractivity contribution in [2.24, 2.45) is 0 Å². The summed E-state index contributed by atoms with van der Waals surface area (Å²) in [6.45, 7) is 1.61. The molecule has 0 aliphatic carbocycles. The number of methoxy groups -OCH3 is 1. The van der Waals surface area contributed by atoms with E-state index in [1.807, 2.05) is 18.2 Å². The average molecular weight is 490 g/mol. The van der Waals surface area contributed by atoms with Crippen molar-refractivity contribution in [3.63, 3.8) is 0 Å². The number of amides is 2. The first-order valence-corrected chi connectivity index (χ1v) is 11.9. The fraction of sp³-hybridized carbons (Fsp3) is 0.286. The van der Waals surface area contributed by atoms with E-state index in [1.165, 1.54) is 12.0 Å². The van der Waals surface area contributed by atoms with Crippen LogP contribution in [0, 0.1) is 0 Å². The number of benzene rings is 3. The molecular weight excluding hydrogens is 458 g/mol. The Morgan fingerprint density at radius 3 is 2.50 bits per heavy atom. The van der Waals surface area contributed by atoms with E-state index in [4.69, 9.17) is 9.47 Å². The highest BCUT2D eigenvalue weighted by molar-refractivity contribution is 6.09. The number of aliphatic hydroxyl groups is 1. The van der Waals surface area contributed by atoms with Gasteiger partial charge in [-0.25, -0.2) is 0 Å². The number of carbonyl (C=O) groups is 2. The summed E-state index contributed by atoms with van der Waals surface area (Å²) in [4.78, 5) is 27.8. The van der Waals surface area contributed by atoms with Crippen molar-refractivity contribution in [2.45, 2.75) is 25.6 Å². The molecule has 0 atom stereocenters. The monoisotopic (exact) mass is 489 g/mol. The van der Waals surface area contributed by atoms with E-state index in [2.05, 4.69) is 10.6 Å². The van der Waals surface area contributed by atoms with E-state index in [9.17, 15) is 14.7 Å². The fourth-order valence-electron chi connectivity index (χ4n) is 4.24. The van der Waals surface area contributed by atoms with Gasteiger partial charge in [-0.15, -0.1) is 0 Å². The summed E-state index contributed by atoms with van der Waals surface area (Å²) >= 11 is 0. The zero-order valence-corrected chi connectivity index (χ0v) is 20.5. The van der Waals surface area contributed by atoms with Crippen molar-refractivity contribution in [3.8, 4) is 11.5 Å². The lowest BCUT2D eigenvalue weighted by Gasteiger charge is -2.25. The molecule has 2 amide bonds. The van der Waals surface area contributed by atoms with Gasteiger partial charge in [-0.1, -0.05) is 30.3 Å². The summed E-state index contributed by atoms with van der Waals surface area (Å²) in [5.41, 5.74) is 2.52. The van der Waals surface area contributed by atoms with Crippen LogP contribution in [-0.2, 0) is 6.61 Å². The summed E-state index contributed by atoms with van der Waals surface area (Å²) < 4.78 is 11.6. The Balaban J connectivity index is 1.52. The topological polar surface area (TPSA) is 100 Å². The molecule has 1 heterocycles. The SMILES string of the molecule is COc1cc(C(=O)N(C)c2ccccc2CO)ccc1NC(=O)c1ccccc1OC1CCNCC1. The minimum Gasteiger partial charge on any atom is -0.495 e. The standard InChI is InChI=1S/C28H31N3O5/c1-31(24-9-5-3-7-20(24)18-32)28(34)19-11-12-23(26(17-19)35-2)30-27(33)22-8-4-6-10-25(22)36-21-13-15-29-16-14-21/h3-12,17,21,29,32H,13-16,18H2,1-2H3,(H,30,33). The Kier molecular flexibility index (Phi) is 8.20. The van der Waals surface area contributed by atoms with Gasteiger partial charge in [0.05, 0.1) is 25.0 Å². The van der Waals surface area contributed by atoms with E-state index >= 15 is 0 Å². The number of hydrogen-bond acceptors (Lipinski definition) is 6. The van der Waals surface area contributed by atoms with Crippen molar-refractivity contribution in [1.82, 2.24) is 5.32 Å². The van der Waals surface area contributed by atoms with Gasteiger partial charge in [-0.05, 0) is 62.3 Å². The number of anilines is 2. The molecule has 8 nitrogen and oxygen atoms in total. The minimum atomic E-state index is -0.328. The molecule has 4 rings (SSSR count). The maximum absolute atomic E-state index is 13.2. The van der Waals surface area contributed by atoms with Crippen LogP contribution in [0.5, 0.6) is 11.5 Å². The molecule has 0 aromatic heterocycles. The molecule has 1 aliphatic heterocycles. The number of ether oxygens (including phenoxy) is 2. The molecule has 188 valence electrons. The Morgan fingerprint density at radius 1 is 1.03 bits per heavy atom. The molecule has 0 saturated carbocycles. The largest absolute Gasteiger partial charge is 0.495 e. The molecule has 0 unspecified atom stereocenters. The molecule has 3 aromatic carbocycles. The molecule has 8 heteroatoms. The van der Waals surface area contributed by atoms with Crippen LogP contribution in [0.1, 0.15) is 39.1 Å². The third-order valence-electron chi connectivity index (χ3n) is 6.24. The van der Waals surface area contributed by atoms with E-state index in [0.717, 1.165) is 25.9 Å². The van der Waals surface area contributed by atoms with Gasteiger partial charge >= 0.3 is 0 Å². The van der Waals surface area contributed by atoms with Gasteiger partial charge < -0.3 is 30.1 Å². The first-order valence-electron chi connectivity index (χ1n) is 11.9. The first-order chi connectivity index (χ1) is 17.5. The zero-order chi connectivity index (χ0) is 25.5. The van der Waals surface area contributed by atoms with Crippen LogP contribution >= 0.6 is 0 Å². The third-order valence-corrected chi connectivity index (χ3v) is 6.24. The van der Waals surface area contributed by atoms with Crippen LogP contribution < -0.4 is 25.0 Å². The van der Waals surface area contributed by atoms with Gasteiger partial charge in [0.15, 0.2) is 0 Å². The van der Waals surface area contributed by atoms with Crippen molar-refractivity contribution in [1.29, 1.82) is 0 Å². The summed E-state index contributed by atoms with van der Waals surface area (Å²) in [6.07, 6.45) is 1.83. The predicted octanol–water partition coefficient (Wildman–Crippen LogP) is 3.85. The zero-order valence-electron chi connectivity index (χ0n) is 20.5. The van der Waals surface area contributed by atoms with E-state index in [-0.39, 0.29) is 24.5 Å². The summed E-state index contributed by atoms with van der Waals surface area (Å²) in [6, 6.07) is 19.2. The quantitative estimate of drug-likeness (QED) is 0.445. The first kappa shape index (κ1) is 25.2. The number of hydrogen-bond donors (Lipinski definition) is 3. The van der Waals surface area contributed by atoms with Gasteiger partial charge in [0.2, 0.25) is 0 Å². The van der Waals surface area contributed by atoms with Crippen LogP contribution in [0.15, 0.2) is 66.7 Å². The number of aliphatic hydroxyl groups excluding tert-OH is 1. The van der Waals surface area contributed by atoms with Gasteiger partial charge in [-0.2, -0.15) is 0 Å². The second-order valence-electron chi connectivity index (χ2n) is 8.58. The second kappa shape index (κ2) is 11.7. The summed E-state index contributed by atoms with van der Waals surface area (Å²) in [7, 11) is 3.14. The second-order valence-corrected chi connectivity index (χ2v) is 8.58. The molecule has 3 N–H and O–H groups in total. The van der Waals surface area contributed by atoms with Crippen LogP contribution in [-0.4, -0.2) is 50.3 Å². The third kappa shape index (κ3) is 5.67. The lowest BCUT2D eigenvalue weighted by atomic mass is 10.1. The molecule has 36 heavy (non-hydrogen) atoms. The smallest absolute Gasteiger partial charge is 0.259 e. The van der Waals surface area contributed by atoms with Gasteiger partial charge in [0, 0.05) is 23.9 Å². The number of nitrogens with zero attached hydrogens (tertiary/aromatic N) is 1. The highest BCUT2D eigenvalue weighted by atomic mass is 16.5. The summed E-state index contributed by atoms with van der Waals surface area (Å²) in [5.74, 6) is 0.297. The molecule has 1 aliphatic rings. The lowest BCUT2D eigenvalue weighted by Crippen LogP contribution is -2.34. The maximum atomic E-state index is 13.2. The Labute approximate surface area is 210 Å². The molecule has 3 aromatic rings. The highest BCUT2D eigenvalue weighted by Gasteiger charge is 2.21. The molecule has 1 fully saturated rings.